The number of carbonyl (C=O) groups is 1. The van der Waals surface area contributed by atoms with E-state index in [2.05, 4.69) is 11.1 Å². The van der Waals surface area contributed by atoms with E-state index in [0.717, 1.165) is 0 Å². The molecular weight excluding hydrogens is 265 g/mol. The number of carboxylic acid groups (broad SMARTS) is 1. The fourth-order valence-electron chi connectivity index (χ4n) is 1.15. The highest BCUT2D eigenvalue weighted by molar-refractivity contribution is 5.79. The van der Waals surface area contributed by atoms with Crippen molar-refractivity contribution in [2.45, 2.75) is 13.1 Å². The third-order valence-corrected chi connectivity index (χ3v) is 1.89. The maximum atomic E-state index is 10.6. The summed E-state index contributed by atoms with van der Waals surface area (Å²) in [6.45, 7) is 1.77. The van der Waals surface area contributed by atoms with Crippen LogP contribution in [-0.2, 0) is 4.79 Å². The molecule has 1 heterocycles. The number of aliphatic carboxylic acids is 1. The van der Waals surface area contributed by atoms with Gasteiger partial charge in [0, 0.05) is 6.92 Å². The number of nitriles is 1. The minimum atomic E-state index is -5.08. The van der Waals surface area contributed by atoms with Gasteiger partial charge in [-0.2, -0.15) is 18.4 Å². The summed E-state index contributed by atoms with van der Waals surface area (Å²) in [5.41, 5.74) is 1.88. The van der Waals surface area contributed by atoms with Crippen molar-refractivity contribution in [3.63, 3.8) is 0 Å². The Morgan fingerprint density at radius 2 is 2.05 bits per heavy atom. The van der Waals surface area contributed by atoms with Crippen LogP contribution < -0.4 is 0 Å². The zero-order valence-electron chi connectivity index (χ0n) is 9.52. The summed E-state index contributed by atoms with van der Waals surface area (Å²) in [6.07, 6.45) is -5.08. The number of oxazole rings is 1. The van der Waals surface area contributed by atoms with Crippen LogP contribution in [0.2, 0.25) is 0 Å². The van der Waals surface area contributed by atoms with Crippen LogP contribution in [-0.4, -0.2) is 22.2 Å². The molecule has 0 saturated carbocycles. The first-order chi connectivity index (χ1) is 8.75. The summed E-state index contributed by atoms with van der Waals surface area (Å²) < 4.78 is 37.0. The number of carboxylic acids is 1. The van der Waals surface area contributed by atoms with Crippen LogP contribution in [0.1, 0.15) is 11.5 Å². The quantitative estimate of drug-likeness (QED) is 0.796. The predicted molar refractivity (Wildman–Crippen MR) is 57.2 cm³/mol. The Kier molecular flexibility index (Phi) is 4.11. The Morgan fingerprint density at radius 1 is 1.47 bits per heavy atom. The van der Waals surface area contributed by atoms with E-state index in [4.69, 9.17) is 19.6 Å². The van der Waals surface area contributed by atoms with Gasteiger partial charge in [-0.05, 0) is 12.1 Å². The second kappa shape index (κ2) is 5.39. The maximum absolute atomic E-state index is 10.6. The Labute approximate surface area is 104 Å². The lowest BCUT2D eigenvalue weighted by molar-refractivity contribution is -0.192. The fourth-order valence-corrected chi connectivity index (χ4v) is 1.15. The number of nitrogens with zero attached hydrogens (tertiary/aromatic N) is 2. The van der Waals surface area contributed by atoms with Crippen LogP contribution in [0.3, 0.4) is 0 Å². The molecule has 0 bridgehead atoms. The summed E-state index contributed by atoms with van der Waals surface area (Å²) in [4.78, 5) is 13.0. The minimum absolute atomic E-state index is 0.560. The van der Waals surface area contributed by atoms with Crippen LogP contribution in [0.5, 0.6) is 0 Å². The number of hydrogen-bond acceptors (Lipinski definition) is 4. The molecule has 2 aromatic rings. The SMILES string of the molecule is Cc1nc2c(C#N)cccc2o1.O=C(O)C(F)(F)F. The number of alkyl halides is 3. The van der Waals surface area contributed by atoms with Gasteiger partial charge in [0.15, 0.2) is 11.5 Å². The first-order valence-corrected chi connectivity index (χ1v) is 4.82. The number of benzene rings is 1. The van der Waals surface area contributed by atoms with Crippen molar-refractivity contribution < 1.29 is 27.5 Å². The van der Waals surface area contributed by atoms with Gasteiger partial charge in [0.1, 0.15) is 11.6 Å². The number of aryl methyl sites for hydroxylation is 1. The van der Waals surface area contributed by atoms with Crippen molar-refractivity contribution in [1.29, 1.82) is 5.26 Å². The van der Waals surface area contributed by atoms with Crippen LogP contribution in [0, 0.1) is 18.3 Å². The Morgan fingerprint density at radius 3 is 2.53 bits per heavy atom. The highest BCUT2D eigenvalue weighted by Gasteiger charge is 2.38. The molecule has 0 spiro atoms. The summed E-state index contributed by atoms with van der Waals surface area (Å²) in [6, 6.07) is 7.37. The fraction of sp³-hybridized carbons (Fsp3) is 0.182. The molecule has 0 atom stereocenters. The predicted octanol–water partition coefficient (Wildman–Crippen LogP) is 2.64. The van der Waals surface area contributed by atoms with E-state index >= 15 is 0 Å². The van der Waals surface area contributed by atoms with Crippen molar-refractivity contribution in [3.8, 4) is 6.07 Å². The molecule has 0 aliphatic carbocycles. The number of rotatable bonds is 0. The molecule has 0 radical (unpaired) electrons. The average Bonchev–Trinajstić information content (AvgIpc) is 2.68. The molecule has 19 heavy (non-hydrogen) atoms. The molecule has 0 amide bonds. The van der Waals surface area contributed by atoms with Gasteiger partial charge in [-0.1, -0.05) is 6.07 Å². The van der Waals surface area contributed by atoms with Crippen molar-refractivity contribution in [2.75, 3.05) is 0 Å². The van der Waals surface area contributed by atoms with E-state index in [0.29, 0.717) is 22.6 Å². The topological polar surface area (TPSA) is 87.1 Å². The summed E-state index contributed by atoms with van der Waals surface area (Å²) in [5, 5.41) is 15.8. The Bertz CT molecular complexity index is 641. The highest BCUT2D eigenvalue weighted by Crippen LogP contribution is 2.18. The second-order valence-electron chi connectivity index (χ2n) is 3.30. The monoisotopic (exact) mass is 272 g/mol. The largest absolute Gasteiger partial charge is 0.490 e. The van der Waals surface area contributed by atoms with Gasteiger partial charge in [0.25, 0.3) is 0 Å². The second-order valence-corrected chi connectivity index (χ2v) is 3.30. The molecule has 0 aliphatic rings. The summed E-state index contributed by atoms with van der Waals surface area (Å²) in [5.74, 6) is -2.17. The number of halogens is 3. The lowest BCUT2D eigenvalue weighted by Gasteiger charge is -1.93. The molecule has 1 N–H and O–H groups in total. The molecule has 0 unspecified atom stereocenters. The van der Waals surface area contributed by atoms with E-state index in [1.807, 2.05) is 0 Å². The maximum Gasteiger partial charge on any atom is 0.490 e. The van der Waals surface area contributed by atoms with E-state index in [1.54, 1.807) is 25.1 Å². The molecule has 0 aliphatic heterocycles. The zero-order valence-corrected chi connectivity index (χ0v) is 9.52. The van der Waals surface area contributed by atoms with Gasteiger partial charge in [0.2, 0.25) is 0 Å². The third kappa shape index (κ3) is 3.70. The van der Waals surface area contributed by atoms with Gasteiger partial charge < -0.3 is 9.52 Å². The lowest BCUT2D eigenvalue weighted by atomic mass is 10.2. The molecular formula is C11H7F3N2O3. The average molecular weight is 272 g/mol. The van der Waals surface area contributed by atoms with Gasteiger partial charge in [-0.3, -0.25) is 0 Å². The van der Waals surface area contributed by atoms with Gasteiger partial charge >= 0.3 is 12.1 Å². The standard InChI is InChI=1S/C9H6N2O.C2HF3O2/c1-6-11-9-7(5-10)3-2-4-8(9)12-6;3-2(4,5)1(6)7/h2-4H,1H3;(H,6,7). The van der Waals surface area contributed by atoms with Crippen molar-refractivity contribution in [2.24, 2.45) is 0 Å². The molecule has 0 fully saturated rings. The molecule has 0 saturated heterocycles. The lowest BCUT2D eigenvalue weighted by Crippen LogP contribution is -2.21. The number of hydrogen-bond donors (Lipinski definition) is 1. The normalized spacial score (nSPS) is 10.5. The van der Waals surface area contributed by atoms with Gasteiger partial charge in [-0.15, -0.1) is 0 Å². The van der Waals surface area contributed by atoms with Crippen molar-refractivity contribution >= 4 is 17.1 Å². The molecule has 1 aromatic heterocycles. The smallest absolute Gasteiger partial charge is 0.475 e. The van der Waals surface area contributed by atoms with Gasteiger partial charge in [0.05, 0.1) is 5.56 Å². The van der Waals surface area contributed by atoms with Crippen LogP contribution in [0.15, 0.2) is 22.6 Å². The molecule has 8 heteroatoms. The first-order valence-electron chi connectivity index (χ1n) is 4.82. The summed E-state index contributed by atoms with van der Waals surface area (Å²) in [7, 11) is 0. The molecule has 5 nitrogen and oxygen atoms in total. The van der Waals surface area contributed by atoms with Gasteiger partial charge in [-0.25, -0.2) is 9.78 Å². The van der Waals surface area contributed by atoms with E-state index < -0.39 is 12.1 Å². The first kappa shape index (κ1) is 14.5. The Balaban J connectivity index is 0.000000224. The highest BCUT2D eigenvalue weighted by atomic mass is 19.4. The molecule has 2 rings (SSSR count). The van der Waals surface area contributed by atoms with Crippen molar-refractivity contribution in [3.05, 3.63) is 29.7 Å². The summed E-state index contributed by atoms with van der Waals surface area (Å²) >= 11 is 0. The van der Waals surface area contributed by atoms with Crippen LogP contribution in [0.25, 0.3) is 11.1 Å². The van der Waals surface area contributed by atoms with E-state index in [-0.39, 0.29) is 0 Å². The van der Waals surface area contributed by atoms with Crippen LogP contribution in [0.4, 0.5) is 13.2 Å². The number of para-hydroxylation sites is 1. The number of fused-ring (bicyclic) bond motifs is 1. The molecule has 100 valence electrons. The van der Waals surface area contributed by atoms with Crippen molar-refractivity contribution in [1.82, 2.24) is 4.98 Å². The van der Waals surface area contributed by atoms with Crippen LogP contribution >= 0.6 is 0 Å². The zero-order chi connectivity index (χ0) is 14.6. The minimum Gasteiger partial charge on any atom is -0.475 e. The number of aromatic nitrogens is 1. The third-order valence-electron chi connectivity index (χ3n) is 1.89. The molecule has 1 aromatic carbocycles. The Hall–Kier alpha value is -2.56. The van der Waals surface area contributed by atoms with E-state index in [9.17, 15) is 13.2 Å². The van der Waals surface area contributed by atoms with E-state index in [1.165, 1.54) is 0 Å².